The molecule has 0 saturated carbocycles. The topological polar surface area (TPSA) is 76.4 Å². The Morgan fingerprint density at radius 3 is 2.82 bits per heavy atom. The Morgan fingerprint density at radius 2 is 2.36 bits per heavy atom. The van der Waals surface area contributed by atoms with Crippen LogP contribution >= 0.6 is 0 Å². The summed E-state index contributed by atoms with van der Waals surface area (Å²) in [7, 11) is 0. The summed E-state index contributed by atoms with van der Waals surface area (Å²) >= 11 is 0. The molecule has 0 spiro atoms. The molecular weight excluding hydrogens is 140 g/mol. The van der Waals surface area contributed by atoms with Gasteiger partial charge in [0, 0.05) is 6.42 Å². The van der Waals surface area contributed by atoms with Crippen molar-refractivity contribution < 1.29 is 0 Å². The lowest BCUT2D eigenvalue weighted by atomic mass is 10.2. The average Bonchev–Trinajstić information content (AvgIpc) is 2.05. The molecule has 0 rings (SSSR count). The number of hydrogen-bond acceptors (Lipinski definition) is 3. The van der Waals surface area contributed by atoms with Gasteiger partial charge in [-0.2, -0.15) is 5.10 Å². The minimum atomic E-state index is 0.648. The fraction of sp³-hybridized carbons (Fsp3) is 0.571. The van der Waals surface area contributed by atoms with E-state index in [0.29, 0.717) is 5.84 Å². The maximum Gasteiger partial charge on any atom is 0.135 e. The number of rotatable bonds is 4. The van der Waals surface area contributed by atoms with Crippen molar-refractivity contribution >= 4 is 5.84 Å². The third-order valence-corrected chi connectivity index (χ3v) is 1.34. The third-order valence-electron chi connectivity index (χ3n) is 1.34. The van der Waals surface area contributed by atoms with Crippen LogP contribution in [0.2, 0.25) is 0 Å². The largest absolute Gasteiger partial charge is 0.322 e. The van der Waals surface area contributed by atoms with Crippen LogP contribution in [0.3, 0.4) is 0 Å². The first-order valence-corrected chi connectivity index (χ1v) is 3.69. The second-order valence-electron chi connectivity index (χ2n) is 2.18. The smallest absolute Gasteiger partial charge is 0.135 e. The Morgan fingerprint density at radius 1 is 1.64 bits per heavy atom. The van der Waals surface area contributed by atoms with Gasteiger partial charge in [0.2, 0.25) is 0 Å². The molecule has 0 aromatic carbocycles. The molecule has 0 unspecified atom stereocenters. The minimum absolute atomic E-state index is 0.648. The molecule has 64 valence electrons. The van der Waals surface area contributed by atoms with Gasteiger partial charge in [-0.25, -0.2) is 5.84 Å². The van der Waals surface area contributed by atoms with E-state index >= 15 is 0 Å². The number of amidine groups is 1. The average molecular weight is 156 g/mol. The molecule has 0 aliphatic heterocycles. The zero-order chi connectivity index (χ0) is 8.53. The van der Waals surface area contributed by atoms with Gasteiger partial charge in [0.25, 0.3) is 0 Å². The van der Waals surface area contributed by atoms with Gasteiger partial charge >= 0.3 is 0 Å². The molecule has 4 nitrogen and oxygen atoms in total. The summed E-state index contributed by atoms with van der Waals surface area (Å²) in [6, 6.07) is 0. The van der Waals surface area contributed by atoms with Crippen molar-refractivity contribution in [2.75, 3.05) is 0 Å². The van der Waals surface area contributed by atoms with E-state index < -0.39 is 0 Å². The van der Waals surface area contributed by atoms with Crippen LogP contribution in [0.1, 0.15) is 26.2 Å². The van der Waals surface area contributed by atoms with Crippen LogP contribution in [0, 0.1) is 0 Å². The zero-order valence-electron chi connectivity index (χ0n) is 6.88. The van der Waals surface area contributed by atoms with Gasteiger partial charge < -0.3 is 11.3 Å². The Labute approximate surface area is 67.3 Å². The summed E-state index contributed by atoms with van der Waals surface area (Å²) in [6.07, 6.45) is 6.99. The summed E-state index contributed by atoms with van der Waals surface area (Å²) in [6.45, 7) is 2.00. The summed E-state index contributed by atoms with van der Waals surface area (Å²) in [5.74, 6) is 10.8. The van der Waals surface area contributed by atoms with E-state index in [9.17, 15) is 0 Å². The summed E-state index contributed by atoms with van der Waals surface area (Å²) in [5.41, 5.74) is 2.43. The maximum atomic E-state index is 5.12. The van der Waals surface area contributed by atoms with Crippen molar-refractivity contribution in [3.05, 3.63) is 12.2 Å². The third kappa shape index (κ3) is 5.42. The van der Waals surface area contributed by atoms with Gasteiger partial charge in [-0.05, 0) is 19.8 Å². The molecule has 0 radical (unpaired) electrons. The predicted octanol–water partition coefficient (Wildman–Crippen LogP) is 0.468. The van der Waals surface area contributed by atoms with Gasteiger partial charge in [-0.15, -0.1) is 0 Å². The minimum Gasteiger partial charge on any atom is -0.322 e. The fourth-order valence-corrected chi connectivity index (χ4v) is 0.728. The molecule has 0 aliphatic rings. The van der Waals surface area contributed by atoms with Gasteiger partial charge in [-0.1, -0.05) is 12.2 Å². The molecule has 0 fully saturated rings. The van der Waals surface area contributed by atoms with Gasteiger partial charge in [0.15, 0.2) is 0 Å². The van der Waals surface area contributed by atoms with Crippen LogP contribution < -0.4 is 17.1 Å². The summed E-state index contributed by atoms with van der Waals surface area (Å²) < 4.78 is 0. The van der Waals surface area contributed by atoms with E-state index in [1.54, 1.807) is 0 Å². The first kappa shape index (κ1) is 9.97. The first-order valence-electron chi connectivity index (χ1n) is 3.69. The highest BCUT2D eigenvalue weighted by Crippen LogP contribution is 1.96. The van der Waals surface area contributed by atoms with Crippen molar-refractivity contribution in [3.63, 3.8) is 0 Å². The van der Waals surface area contributed by atoms with Crippen LogP contribution in [0.5, 0.6) is 0 Å². The van der Waals surface area contributed by atoms with Gasteiger partial charge in [-0.3, -0.25) is 0 Å². The van der Waals surface area contributed by atoms with Crippen molar-refractivity contribution in [2.24, 2.45) is 16.8 Å². The van der Waals surface area contributed by atoms with Gasteiger partial charge in [0.1, 0.15) is 5.84 Å². The predicted molar refractivity (Wildman–Crippen MR) is 47.6 cm³/mol. The fourth-order valence-electron chi connectivity index (χ4n) is 0.728. The molecule has 4 heteroatoms. The van der Waals surface area contributed by atoms with Crippen molar-refractivity contribution in [1.82, 2.24) is 5.43 Å². The standard InChI is InChI=1S/C7H16N4/c1-2-3-4-5-6-7(10-8)11-9/h2-3H,4-6,8-9H2,1H3,(H,10,11)/b3-2-. The highest BCUT2D eigenvalue weighted by atomic mass is 15.3. The molecule has 5 N–H and O–H groups in total. The molecule has 0 aliphatic carbocycles. The van der Waals surface area contributed by atoms with Crippen LogP contribution in [-0.2, 0) is 0 Å². The van der Waals surface area contributed by atoms with Crippen LogP contribution in [0.4, 0.5) is 0 Å². The number of hydrogen-bond donors (Lipinski definition) is 3. The first-order chi connectivity index (χ1) is 5.35. The van der Waals surface area contributed by atoms with Crippen molar-refractivity contribution in [1.29, 1.82) is 0 Å². The van der Waals surface area contributed by atoms with E-state index in [4.69, 9.17) is 11.7 Å². The monoisotopic (exact) mass is 156 g/mol. The molecule has 0 atom stereocenters. The lowest BCUT2D eigenvalue weighted by Crippen LogP contribution is -2.31. The highest BCUT2D eigenvalue weighted by Gasteiger charge is 1.92. The zero-order valence-corrected chi connectivity index (χ0v) is 6.88. The number of unbranched alkanes of at least 4 members (excludes halogenated alkanes) is 1. The lowest BCUT2D eigenvalue weighted by Gasteiger charge is -2.00. The second kappa shape index (κ2) is 7.08. The molecule has 0 saturated heterocycles. The van der Waals surface area contributed by atoms with Crippen molar-refractivity contribution in [3.8, 4) is 0 Å². The van der Waals surface area contributed by atoms with E-state index in [1.807, 2.05) is 13.0 Å². The van der Waals surface area contributed by atoms with E-state index in [0.717, 1.165) is 19.3 Å². The number of nitrogens with one attached hydrogen (secondary N) is 1. The molecule has 0 aromatic rings. The van der Waals surface area contributed by atoms with E-state index in [-0.39, 0.29) is 0 Å². The number of hydrazine groups is 1. The number of hydrazone groups is 1. The quantitative estimate of drug-likeness (QED) is 0.138. The Balaban J connectivity index is 3.37. The Hall–Kier alpha value is -1.03. The molecule has 11 heavy (non-hydrogen) atoms. The lowest BCUT2D eigenvalue weighted by molar-refractivity contribution is 0.843. The van der Waals surface area contributed by atoms with Crippen LogP contribution in [-0.4, -0.2) is 5.84 Å². The molecule has 0 bridgehead atoms. The number of nitrogens with two attached hydrogens (primary N) is 2. The summed E-state index contributed by atoms with van der Waals surface area (Å²) in [4.78, 5) is 0. The molecule has 0 heterocycles. The van der Waals surface area contributed by atoms with Crippen LogP contribution in [0.25, 0.3) is 0 Å². The SMILES string of the molecule is C/C=C\CCC/C(=N/N)NN. The van der Waals surface area contributed by atoms with E-state index in [1.165, 1.54) is 0 Å². The maximum absolute atomic E-state index is 5.12. The number of nitrogens with zero attached hydrogens (tertiary/aromatic N) is 1. The Bertz CT molecular complexity index is 139. The van der Waals surface area contributed by atoms with E-state index in [2.05, 4.69) is 16.6 Å². The normalized spacial score (nSPS) is 12.4. The number of allylic oxidation sites excluding steroid dienone is 2. The molecule has 0 aromatic heterocycles. The summed E-state index contributed by atoms with van der Waals surface area (Å²) in [5, 5.41) is 3.46. The molecular formula is C7H16N4. The molecule has 0 amide bonds. The second-order valence-corrected chi connectivity index (χ2v) is 2.18. The van der Waals surface area contributed by atoms with Gasteiger partial charge in [0.05, 0.1) is 0 Å². The Kier molecular flexibility index (Phi) is 6.42. The highest BCUT2D eigenvalue weighted by molar-refractivity contribution is 5.81. The van der Waals surface area contributed by atoms with Crippen LogP contribution in [0.15, 0.2) is 17.3 Å². The van der Waals surface area contributed by atoms with Crippen molar-refractivity contribution in [2.45, 2.75) is 26.2 Å².